The Morgan fingerprint density at radius 3 is 0.882 bits per heavy atom. The van der Waals surface area contributed by atoms with Crippen LogP contribution in [0.3, 0.4) is 0 Å². The molecular formula is C14H32O2Sn. The van der Waals surface area contributed by atoms with E-state index in [4.69, 9.17) is 0 Å². The molecule has 0 fully saturated rings. The maximum absolute atomic E-state index is 10.1. The van der Waals surface area contributed by atoms with E-state index in [-0.39, 0.29) is 34.4 Å². The molecule has 0 atom stereocenters. The van der Waals surface area contributed by atoms with Crippen LogP contribution in [0.15, 0.2) is 0 Å². The molecule has 0 rings (SSSR count). The third-order valence-corrected chi connectivity index (χ3v) is 2.78. The Morgan fingerprint density at radius 2 is 0.882 bits per heavy atom. The van der Waals surface area contributed by atoms with E-state index in [1.54, 1.807) is 0 Å². The normalized spacial score (nSPS) is 9.06. The summed E-state index contributed by atoms with van der Waals surface area (Å²) in [6.07, 6.45) is 4.17. The van der Waals surface area contributed by atoms with Gasteiger partial charge in [0.25, 0.3) is 0 Å². The van der Waals surface area contributed by atoms with Gasteiger partial charge in [-0.3, -0.25) is 0 Å². The predicted octanol–water partition coefficient (Wildman–Crippen LogP) is 2.35. The first-order valence-corrected chi connectivity index (χ1v) is 12.6. The van der Waals surface area contributed by atoms with E-state index in [0.29, 0.717) is 11.8 Å². The van der Waals surface area contributed by atoms with E-state index in [1.165, 1.54) is 0 Å². The van der Waals surface area contributed by atoms with Crippen LogP contribution in [0.2, 0.25) is 9.88 Å². The average Bonchev–Trinajstić information content (AvgIpc) is 2.35. The molecule has 0 radical (unpaired) electrons. The molecule has 0 aliphatic heterocycles. The van der Waals surface area contributed by atoms with Crippen LogP contribution in [0, 0.1) is 11.8 Å². The van der Waals surface area contributed by atoms with Gasteiger partial charge in [0, 0.05) is 0 Å². The Bertz CT molecular complexity index is 79.4. The van der Waals surface area contributed by atoms with Crippen LogP contribution >= 0.6 is 0 Å². The van der Waals surface area contributed by atoms with Crippen LogP contribution in [0.1, 0.15) is 53.4 Å². The molecule has 0 aliphatic rings. The molecule has 17 heavy (non-hydrogen) atoms. The van der Waals surface area contributed by atoms with Gasteiger partial charge < -0.3 is 10.2 Å². The van der Waals surface area contributed by atoms with Crippen molar-refractivity contribution in [3.05, 3.63) is 0 Å². The second kappa shape index (κ2) is 21.9. The molecule has 2 nitrogen and oxygen atoms in total. The van der Waals surface area contributed by atoms with Crippen molar-refractivity contribution in [2.45, 2.75) is 63.3 Å². The van der Waals surface area contributed by atoms with E-state index in [2.05, 4.69) is 37.6 Å². The SMILES string of the molecule is CCC(CC)C[O-].CCC(CC)C[O-].[CH3][Sn+2][CH3]. The summed E-state index contributed by atoms with van der Waals surface area (Å²) in [6.45, 7) is 8.45. The Balaban J connectivity index is -0.000000188. The molecule has 0 spiro atoms. The van der Waals surface area contributed by atoms with Crippen LogP contribution in [-0.2, 0) is 0 Å². The van der Waals surface area contributed by atoms with Crippen molar-refractivity contribution in [1.29, 1.82) is 0 Å². The maximum atomic E-state index is 10.1. The topological polar surface area (TPSA) is 46.1 Å². The summed E-state index contributed by atoms with van der Waals surface area (Å²) in [7, 11) is 0. The van der Waals surface area contributed by atoms with Crippen molar-refractivity contribution < 1.29 is 10.2 Å². The molecule has 0 aromatic carbocycles. The first kappa shape index (κ1) is 22.9. The summed E-state index contributed by atoms with van der Waals surface area (Å²) in [6, 6.07) is 0. The molecule has 0 unspecified atom stereocenters. The number of hydrogen-bond acceptors (Lipinski definition) is 2. The van der Waals surface area contributed by atoms with Gasteiger partial charge in [0.05, 0.1) is 0 Å². The molecule has 0 saturated carbocycles. The quantitative estimate of drug-likeness (QED) is 0.690. The van der Waals surface area contributed by atoms with Crippen LogP contribution in [0.25, 0.3) is 0 Å². The minimum absolute atomic E-state index is 0.104. The van der Waals surface area contributed by atoms with Crippen LogP contribution < -0.4 is 10.2 Å². The zero-order valence-electron chi connectivity index (χ0n) is 12.7. The van der Waals surface area contributed by atoms with Gasteiger partial charge >= 0.3 is 31.0 Å². The standard InChI is InChI=1S/2C6H13O.2CH3.Sn/c2*1-3-6(4-2)5-7;;;/h2*6H,3-5H2,1-2H3;2*1H3;/q2*-1;;;+2. The molecule has 0 N–H and O–H groups in total. The molecule has 104 valence electrons. The van der Waals surface area contributed by atoms with Crippen molar-refractivity contribution in [3.63, 3.8) is 0 Å². The first-order valence-electron chi connectivity index (χ1n) is 6.86. The van der Waals surface area contributed by atoms with Crippen molar-refractivity contribution in [3.8, 4) is 0 Å². The van der Waals surface area contributed by atoms with Crippen LogP contribution in [0.5, 0.6) is 0 Å². The molecule has 0 aromatic rings. The summed E-state index contributed by atoms with van der Waals surface area (Å²) in [5.41, 5.74) is 0. The Morgan fingerprint density at radius 1 is 0.706 bits per heavy atom. The molecule has 0 aliphatic carbocycles. The van der Waals surface area contributed by atoms with E-state index in [1.807, 2.05) is 0 Å². The fourth-order valence-corrected chi connectivity index (χ4v) is 1.05. The summed E-state index contributed by atoms with van der Waals surface area (Å²) >= 11 is 0.230. The number of rotatable bonds is 6. The zero-order valence-corrected chi connectivity index (χ0v) is 15.6. The fraction of sp³-hybridized carbons (Fsp3) is 1.00. The van der Waals surface area contributed by atoms with Gasteiger partial charge in [-0.25, -0.2) is 0 Å². The first-order chi connectivity index (χ1) is 8.11. The van der Waals surface area contributed by atoms with Crippen molar-refractivity contribution >= 4 is 21.1 Å². The number of hydrogen-bond donors (Lipinski definition) is 0. The average molecular weight is 351 g/mol. The Kier molecular flexibility index (Phi) is 29.5. The van der Waals surface area contributed by atoms with E-state index >= 15 is 0 Å². The van der Waals surface area contributed by atoms with Gasteiger partial charge in [0.2, 0.25) is 0 Å². The molecule has 0 amide bonds. The van der Waals surface area contributed by atoms with Crippen molar-refractivity contribution in [2.24, 2.45) is 11.8 Å². The Labute approximate surface area is 119 Å². The van der Waals surface area contributed by atoms with Crippen LogP contribution in [-0.4, -0.2) is 34.4 Å². The Hall–Kier alpha value is 0.719. The van der Waals surface area contributed by atoms with Gasteiger partial charge in [-0.05, 0) is 0 Å². The molecule has 3 heteroatoms. The van der Waals surface area contributed by atoms with Crippen molar-refractivity contribution in [2.75, 3.05) is 13.2 Å². The predicted molar refractivity (Wildman–Crippen MR) is 75.4 cm³/mol. The van der Waals surface area contributed by atoms with Gasteiger partial charge in [-0.2, -0.15) is 0 Å². The minimum atomic E-state index is 0.104. The van der Waals surface area contributed by atoms with Gasteiger partial charge in [-0.15, -0.1) is 13.2 Å². The van der Waals surface area contributed by atoms with Gasteiger partial charge in [0.1, 0.15) is 0 Å². The van der Waals surface area contributed by atoms with E-state index in [9.17, 15) is 10.2 Å². The fourth-order valence-electron chi connectivity index (χ4n) is 1.05. The van der Waals surface area contributed by atoms with Gasteiger partial charge in [0.15, 0.2) is 0 Å². The third kappa shape index (κ3) is 22.4. The summed E-state index contributed by atoms with van der Waals surface area (Å²) < 4.78 is 0. The van der Waals surface area contributed by atoms with Crippen LogP contribution in [0.4, 0.5) is 0 Å². The zero-order chi connectivity index (χ0) is 14.1. The molecule has 0 heterocycles. The monoisotopic (exact) mass is 352 g/mol. The van der Waals surface area contributed by atoms with E-state index < -0.39 is 0 Å². The summed E-state index contributed by atoms with van der Waals surface area (Å²) in [4.78, 5) is 4.59. The van der Waals surface area contributed by atoms with Gasteiger partial charge in [-0.1, -0.05) is 65.2 Å². The third-order valence-electron chi connectivity index (χ3n) is 2.78. The molecular weight excluding hydrogens is 319 g/mol. The van der Waals surface area contributed by atoms with Crippen molar-refractivity contribution in [1.82, 2.24) is 0 Å². The second-order valence-electron chi connectivity index (χ2n) is 4.20. The molecule has 0 aromatic heterocycles. The summed E-state index contributed by atoms with van der Waals surface area (Å²) in [5, 5.41) is 20.2. The summed E-state index contributed by atoms with van der Waals surface area (Å²) in [5.74, 6) is 0.861. The molecule has 0 saturated heterocycles. The van der Waals surface area contributed by atoms with E-state index in [0.717, 1.165) is 25.7 Å². The second-order valence-corrected chi connectivity index (χ2v) is 7.05. The molecule has 0 bridgehead atoms.